The fourth-order valence-electron chi connectivity index (χ4n) is 2.67. The third kappa shape index (κ3) is 4.80. The van der Waals surface area contributed by atoms with Gasteiger partial charge in [0, 0.05) is 0 Å². The van der Waals surface area contributed by atoms with Gasteiger partial charge < -0.3 is 8.54 Å². The predicted octanol–water partition coefficient (Wildman–Crippen LogP) is 5.18. The van der Waals surface area contributed by atoms with Crippen molar-refractivity contribution in [3.05, 3.63) is 72.8 Å². The molecule has 2 nitrogen and oxygen atoms in total. The van der Waals surface area contributed by atoms with Crippen molar-refractivity contribution in [2.45, 2.75) is 26.2 Å². The molecule has 0 saturated heterocycles. The van der Waals surface area contributed by atoms with Crippen LogP contribution in [0.25, 0.3) is 12.2 Å². The van der Waals surface area contributed by atoms with Crippen LogP contribution < -0.4 is 9.61 Å². The van der Waals surface area contributed by atoms with Crippen LogP contribution in [0.3, 0.4) is 0 Å². The van der Waals surface area contributed by atoms with Crippen molar-refractivity contribution in [1.29, 1.82) is 0 Å². The molecule has 2 aromatic rings. The second-order valence-corrected chi connectivity index (χ2v) is 14.1. The third-order valence-corrected chi connectivity index (χ3v) is 10.3. The summed E-state index contributed by atoms with van der Waals surface area (Å²) in [6.07, 6.45) is 3.68. The van der Waals surface area contributed by atoms with Gasteiger partial charge in [0.25, 0.3) is 0 Å². The van der Waals surface area contributed by atoms with Crippen molar-refractivity contribution in [2.75, 3.05) is 0 Å². The summed E-state index contributed by atoms with van der Waals surface area (Å²) in [6, 6.07) is 16.4. The van der Waals surface area contributed by atoms with Crippen molar-refractivity contribution in [3.8, 4) is 5.75 Å². The van der Waals surface area contributed by atoms with E-state index in [9.17, 15) is 0 Å². The molecule has 0 spiro atoms. The standard InChI is InChI=1S/C20H26O2Si2/c1-7-17-9-13-19(14-10-17)21-24(5,6)22-23(3,4)20-15-11-18(8-2)12-16-20/h7-16H,1-2H2,3-6H3. The molecular formula is C20H26O2Si2. The lowest BCUT2D eigenvalue weighted by atomic mass is 10.2. The Morgan fingerprint density at radius 1 is 0.750 bits per heavy atom. The van der Waals surface area contributed by atoms with Crippen LogP contribution in [-0.4, -0.2) is 16.9 Å². The molecule has 0 aromatic heterocycles. The van der Waals surface area contributed by atoms with Crippen LogP contribution in [0.15, 0.2) is 61.7 Å². The van der Waals surface area contributed by atoms with Crippen molar-refractivity contribution in [2.24, 2.45) is 0 Å². The van der Waals surface area contributed by atoms with Gasteiger partial charge in [-0.2, -0.15) is 0 Å². The summed E-state index contributed by atoms with van der Waals surface area (Å²) in [5.74, 6) is 0.851. The van der Waals surface area contributed by atoms with Gasteiger partial charge in [0.2, 0.25) is 8.32 Å². The second-order valence-electron chi connectivity index (χ2n) is 6.71. The first-order valence-electron chi connectivity index (χ1n) is 8.10. The molecule has 126 valence electrons. The van der Waals surface area contributed by atoms with Crippen LogP contribution in [0.4, 0.5) is 0 Å². The molecule has 2 rings (SSSR count). The largest absolute Gasteiger partial charge is 0.521 e. The van der Waals surface area contributed by atoms with Crippen molar-refractivity contribution in [1.82, 2.24) is 0 Å². The minimum Gasteiger partial charge on any atom is -0.521 e. The monoisotopic (exact) mass is 354 g/mol. The van der Waals surface area contributed by atoms with E-state index in [0.29, 0.717) is 0 Å². The lowest BCUT2D eigenvalue weighted by Crippen LogP contribution is -2.55. The lowest BCUT2D eigenvalue weighted by molar-refractivity contribution is 0.400. The van der Waals surface area contributed by atoms with Crippen LogP contribution in [0.2, 0.25) is 26.2 Å². The molecule has 0 fully saturated rings. The highest BCUT2D eigenvalue weighted by Gasteiger charge is 2.37. The molecule has 0 heterocycles. The van der Waals surface area contributed by atoms with Gasteiger partial charge >= 0.3 is 8.56 Å². The van der Waals surface area contributed by atoms with Crippen LogP contribution in [0.1, 0.15) is 11.1 Å². The zero-order valence-electron chi connectivity index (χ0n) is 15.0. The topological polar surface area (TPSA) is 18.5 Å². The van der Waals surface area contributed by atoms with E-state index in [1.54, 1.807) is 0 Å². The van der Waals surface area contributed by atoms with Gasteiger partial charge in [-0.3, -0.25) is 0 Å². The average molecular weight is 355 g/mol. The minimum atomic E-state index is -2.30. The summed E-state index contributed by atoms with van der Waals surface area (Å²) in [5, 5.41) is 1.26. The maximum atomic E-state index is 6.55. The molecule has 0 saturated carbocycles. The van der Waals surface area contributed by atoms with Crippen LogP contribution in [0.5, 0.6) is 5.75 Å². The number of hydrogen-bond donors (Lipinski definition) is 0. The van der Waals surface area contributed by atoms with E-state index >= 15 is 0 Å². The molecule has 0 aliphatic heterocycles. The van der Waals surface area contributed by atoms with E-state index in [1.807, 2.05) is 36.4 Å². The molecule has 4 heteroatoms. The number of hydrogen-bond acceptors (Lipinski definition) is 2. The van der Waals surface area contributed by atoms with Gasteiger partial charge in [0.1, 0.15) is 5.75 Å². The first-order valence-corrected chi connectivity index (χ1v) is 13.8. The molecule has 0 N–H and O–H groups in total. The molecular weight excluding hydrogens is 328 g/mol. The smallest absolute Gasteiger partial charge is 0.382 e. The van der Waals surface area contributed by atoms with Gasteiger partial charge in [-0.1, -0.05) is 61.7 Å². The van der Waals surface area contributed by atoms with Gasteiger partial charge in [-0.25, -0.2) is 0 Å². The first-order chi connectivity index (χ1) is 11.3. The van der Waals surface area contributed by atoms with Gasteiger partial charge in [-0.15, -0.1) is 0 Å². The second kappa shape index (κ2) is 7.34. The summed E-state index contributed by atoms with van der Waals surface area (Å²) >= 11 is 0. The predicted molar refractivity (Wildman–Crippen MR) is 109 cm³/mol. The van der Waals surface area contributed by atoms with Crippen LogP contribution in [-0.2, 0) is 4.12 Å². The van der Waals surface area contributed by atoms with E-state index < -0.39 is 16.9 Å². The summed E-state index contributed by atoms with van der Waals surface area (Å²) in [5.41, 5.74) is 2.21. The highest BCUT2D eigenvalue weighted by molar-refractivity contribution is 6.91. The van der Waals surface area contributed by atoms with Gasteiger partial charge in [0.15, 0.2) is 0 Å². The van der Waals surface area contributed by atoms with Crippen molar-refractivity contribution < 1.29 is 8.54 Å². The van der Waals surface area contributed by atoms with E-state index in [1.165, 1.54) is 5.19 Å². The molecule has 24 heavy (non-hydrogen) atoms. The van der Waals surface area contributed by atoms with Gasteiger partial charge in [0.05, 0.1) is 0 Å². The van der Waals surface area contributed by atoms with Crippen molar-refractivity contribution >= 4 is 34.2 Å². The van der Waals surface area contributed by atoms with E-state index in [4.69, 9.17) is 8.54 Å². The SMILES string of the molecule is C=Cc1ccc(O[Si](C)(C)O[Si](C)(C)c2ccc(C=C)cc2)cc1. The van der Waals surface area contributed by atoms with Crippen molar-refractivity contribution in [3.63, 3.8) is 0 Å². The molecule has 0 aliphatic rings. The molecule has 0 radical (unpaired) electrons. The molecule has 0 amide bonds. The Morgan fingerprint density at radius 3 is 1.67 bits per heavy atom. The first kappa shape index (κ1) is 18.5. The highest BCUT2D eigenvalue weighted by atomic mass is 28.4. The highest BCUT2D eigenvalue weighted by Crippen LogP contribution is 2.21. The van der Waals surface area contributed by atoms with E-state index in [0.717, 1.165) is 16.9 Å². The fourth-order valence-corrected chi connectivity index (χ4v) is 9.90. The maximum Gasteiger partial charge on any atom is 0.382 e. The summed E-state index contributed by atoms with van der Waals surface area (Å²) in [4.78, 5) is 0. The minimum absolute atomic E-state index is 0.851. The lowest BCUT2D eigenvalue weighted by Gasteiger charge is -2.33. The van der Waals surface area contributed by atoms with Gasteiger partial charge in [-0.05, 0) is 54.6 Å². The maximum absolute atomic E-state index is 6.55. The Kier molecular flexibility index (Phi) is 5.64. The Balaban J connectivity index is 2.12. The number of benzene rings is 2. The Hall–Kier alpha value is -1.89. The van der Waals surface area contributed by atoms with E-state index in [-0.39, 0.29) is 0 Å². The third-order valence-electron chi connectivity index (χ3n) is 3.82. The molecule has 0 aliphatic carbocycles. The molecule has 0 unspecified atom stereocenters. The Labute approximate surface area is 147 Å². The summed E-state index contributed by atoms with van der Waals surface area (Å²) in [6.45, 7) is 16.2. The number of rotatable bonds is 7. The average Bonchev–Trinajstić information content (AvgIpc) is 2.54. The zero-order valence-corrected chi connectivity index (χ0v) is 17.0. The normalized spacial score (nSPS) is 11.8. The van der Waals surface area contributed by atoms with Crippen LogP contribution in [0, 0.1) is 0 Å². The zero-order chi connectivity index (χ0) is 17.8. The Bertz CT molecular complexity index is 701. The summed E-state index contributed by atoms with van der Waals surface area (Å²) in [7, 11) is -4.33. The summed E-state index contributed by atoms with van der Waals surface area (Å²) < 4.78 is 12.8. The fraction of sp³-hybridized carbons (Fsp3) is 0.200. The Morgan fingerprint density at radius 2 is 1.21 bits per heavy atom. The molecule has 0 atom stereocenters. The van der Waals surface area contributed by atoms with E-state index in [2.05, 4.69) is 63.6 Å². The molecule has 0 bridgehead atoms. The quantitative estimate of drug-likeness (QED) is 0.638. The molecule has 2 aromatic carbocycles. The van der Waals surface area contributed by atoms with Crippen LogP contribution >= 0.6 is 0 Å².